The Morgan fingerprint density at radius 3 is 2.46 bits per heavy atom. The van der Waals surface area contributed by atoms with Crippen LogP contribution in [0.4, 0.5) is 11.4 Å². The number of rotatable bonds is 5. The minimum Gasteiger partial charge on any atom is -0.373 e. The van der Waals surface area contributed by atoms with E-state index < -0.39 is 0 Å². The van der Waals surface area contributed by atoms with Gasteiger partial charge in [0.25, 0.3) is 0 Å². The number of carbonyl (C=O) groups is 2. The summed E-state index contributed by atoms with van der Waals surface area (Å²) >= 11 is 6.15. The number of carbonyl (C=O) groups excluding carboxylic acids is 2. The zero-order valence-electron chi connectivity index (χ0n) is 14.3. The Bertz CT molecular complexity index is 599. The van der Waals surface area contributed by atoms with Gasteiger partial charge in [-0.1, -0.05) is 18.5 Å². The van der Waals surface area contributed by atoms with Gasteiger partial charge in [-0.05, 0) is 32.0 Å². The first-order valence-corrected chi connectivity index (χ1v) is 8.52. The van der Waals surface area contributed by atoms with Gasteiger partial charge < -0.3 is 15.4 Å². The Balaban J connectivity index is 1.92. The molecule has 2 N–H and O–H groups in total. The Morgan fingerprint density at radius 2 is 1.88 bits per heavy atom. The van der Waals surface area contributed by atoms with Crippen molar-refractivity contribution in [2.45, 2.75) is 39.4 Å². The summed E-state index contributed by atoms with van der Waals surface area (Å²) in [6.07, 6.45) is 0.625. The van der Waals surface area contributed by atoms with Crippen molar-refractivity contribution in [3.63, 3.8) is 0 Å². The van der Waals surface area contributed by atoms with Gasteiger partial charge in [0.05, 0.1) is 29.5 Å². The lowest BCUT2D eigenvalue weighted by atomic mass is 10.2. The fourth-order valence-electron chi connectivity index (χ4n) is 2.75. The van der Waals surface area contributed by atoms with Crippen molar-refractivity contribution in [1.29, 1.82) is 0 Å². The van der Waals surface area contributed by atoms with Crippen molar-refractivity contribution < 1.29 is 14.3 Å². The predicted octanol–water partition coefficient (Wildman–Crippen LogP) is 2.74. The SMILES string of the molecule is CCC(=O)Nc1ccc(NC(=O)CN2C[C@@H](C)O[C@@H](C)C2)cc1Cl. The number of hydrogen-bond donors (Lipinski definition) is 2. The van der Waals surface area contributed by atoms with Crippen LogP contribution in [0, 0.1) is 0 Å². The minimum absolute atomic E-state index is 0.0993. The molecule has 1 fully saturated rings. The lowest BCUT2D eigenvalue weighted by molar-refractivity contribution is -0.121. The highest BCUT2D eigenvalue weighted by atomic mass is 35.5. The molecule has 2 rings (SSSR count). The second kappa shape index (κ2) is 8.46. The molecular weight excluding hydrogens is 330 g/mol. The van der Waals surface area contributed by atoms with Crippen LogP contribution in [0.15, 0.2) is 18.2 Å². The molecule has 24 heavy (non-hydrogen) atoms. The molecule has 1 aromatic carbocycles. The number of benzene rings is 1. The third kappa shape index (κ3) is 5.47. The standard InChI is InChI=1S/C17H24ClN3O3/c1-4-16(22)20-15-6-5-13(7-14(15)18)19-17(23)10-21-8-11(2)24-12(3)9-21/h5-7,11-12H,4,8-10H2,1-3H3,(H,19,23)(H,20,22)/t11-,12+. The molecule has 0 unspecified atom stereocenters. The van der Waals surface area contributed by atoms with Gasteiger partial charge in [-0.15, -0.1) is 0 Å². The molecule has 0 spiro atoms. The van der Waals surface area contributed by atoms with Gasteiger partial charge in [-0.25, -0.2) is 0 Å². The van der Waals surface area contributed by atoms with Crippen molar-refractivity contribution in [3.8, 4) is 0 Å². The molecule has 132 valence electrons. The molecule has 1 heterocycles. The van der Waals surface area contributed by atoms with E-state index in [0.29, 0.717) is 29.4 Å². The molecule has 1 aromatic rings. The number of hydrogen-bond acceptors (Lipinski definition) is 4. The third-order valence-electron chi connectivity index (χ3n) is 3.71. The van der Waals surface area contributed by atoms with Gasteiger partial charge >= 0.3 is 0 Å². The number of morpholine rings is 1. The van der Waals surface area contributed by atoms with Crippen LogP contribution in [0.3, 0.4) is 0 Å². The summed E-state index contributed by atoms with van der Waals surface area (Å²) in [6.45, 7) is 7.56. The van der Waals surface area contributed by atoms with Gasteiger partial charge in [0.15, 0.2) is 0 Å². The van der Waals surface area contributed by atoms with E-state index in [1.54, 1.807) is 25.1 Å². The highest BCUT2D eigenvalue weighted by molar-refractivity contribution is 6.34. The Labute approximate surface area is 147 Å². The lowest BCUT2D eigenvalue weighted by Gasteiger charge is -2.34. The second-order valence-corrected chi connectivity index (χ2v) is 6.50. The van der Waals surface area contributed by atoms with Crippen molar-refractivity contribution in [3.05, 3.63) is 23.2 Å². The van der Waals surface area contributed by atoms with E-state index in [9.17, 15) is 9.59 Å². The van der Waals surface area contributed by atoms with Gasteiger partial charge in [-0.3, -0.25) is 14.5 Å². The van der Waals surface area contributed by atoms with Crippen LogP contribution in [0.1, 0.15) is 27.2 Å². The van der Waals surface area contributed by atoms with Crippen molar-refractivity contribution in [2.24, 2.45) is 0 Å². The monoisotopic (exact) mass is 353 g/mol. The number of ether oxygens (including phenoxy) is 1. The van der Waals surface area contributed by atoms with Gasteiger partial charge in [0, 0.05) is 25.2 Å². The van der Waals surface area contributed by atoms with Gasteiger partial charge in [0.1, 0.15) is 0 Å². The number of anilines is 2. The normalized spacial score (nSPS) is 21.3. The van der Waals surface area contributed by atoms with E-state index in [1.807, 2.05) is 13.8 Å². The lowest BCUT2D eigenvalue weighted by Crippen LogP contribution is -2.48. The number of amides is 2. The smallest absolute Gasteiger partial charge is 0.238 e. The summed E-state index contributed by atoms with van der Waals surface area (Å²) in [5.74, 6) is -0.207. The molecule has 0 saturated carbocycles. The first-order valence-electron chi connectivity index (χ1n) is 8.14. The molecule has 0 aliphatic carbocycles. The van der Waals surface area contributed by atoms with Crippen LogP contribution >= 0.6 is 11.6 Å². The molecule has 2 atom stereocenters. The van der Waals surface area contributed by atoms with Gasteiger partial charge in [0.2, 0.25) is 11.8 Å². The quantitative estimate of drug-likeness (QED) is 0.853. The third-order valence-corrected chi connectivity index (χ3v) is 4.02. The zero-order chi connectivity index (χ0) is 17.7. The summed E-state index contributed by atoms with van der Waals surface area (Å²) < 4.78 is 5.66. The molecule has 0 radical (unpaired) electrons. The molecular formula is C17H24ClN3O3. The maximum atomic E-state index is 12.2. The molecule has 7 heteroatoms. The fraction of sp³-hybridized carbons (Fsp3) is 0.529. The van der Waals surface area contributed by atoms with E-state index in [1.165, 1.54) is 0 Å². The molecule has 6 nitrogen and oxygen atoms in total. The van der Waals surface area contributed by atoms with Crippen LogP contribution in [0.25, 0.3) is 0 Å². The van der Waals surface area contributed by atoms with E-state index >= 15 is 0 Å². The highest BCUT2D eigenvalue weighted by Crippen LogP contribution is 2.25. The van der Waals surface area contributed by atoms with E-state index in [0.717, 1.165) is 13.1 Å². The first-order chi connectivity index (χ1) is 11.4. The molecule has 0 aromatic heterocycles. The number of nitrogens with zero attached hydrogens (tertiary/aromatic N) is 1. The Kier molecular flexibility index (Phi) is 6.60. The summed E-state index contributed by atoms with van der Waals surface area (Å²) in [5.41, 5.74) is 1.14. The topological polar surface area (TPSA) is 70.7 Å². The van der Waals surface area contributed by atoms with Crippen LogP contribution in [0.5, 0.6) is 0 Å². The molecule has 2 amide bonds. The summed E-state index contributed by atoms with van der Waals surface area (Å²) in [5, 5.41) is 5.94. The molecule has 1 aliphatic rings. The largest absolute Gasteiger partial charge is 0.373 e. The minimum atomic E-state index is -0.107. The average Bonchev–Trinajstić information content (AvgIpc) is 2.48. The average molecular weight is 354 g/mol. The first kappa shape index (κ1) is 18.7. The summed E-state index contributed by atoms with van der Waals surface area (Å²) in [7, 11) is 0. The van der Waals surface area contributed by atoms with Crippen LogP contribution in [-0.4, -0.2) is 48.6 Å². The molecule has 1 saturated heterocycles. The number of halogens is 1. The van der Waals surface area contributed by atoms with Crippen molar-refractivity contribution >= 4 is 34.8 Å². The highest BCUT2D eigenvalue weighted by Gasteiger charge is 2.23. The van der Waals surface area contributed by atoms with E-state index in [4.69, 9.17) is 16.3 Å². The Morgan fingerprint density at radius 1 is 1.21 bits per heavy atom. The number of nitrogens with one attached hydrogen (secondary N) is 2. The summed E-state index contributed by atoms with van der Waals surface area (Å²) in [6, 6.07) is 5.04. The predicted molar refractivity (Wildman–Crippen MR) is 95.5 cm³/mol. The maximum Gasteiger partial charge on any atom is 0.238 e. The second-order valence-electron chi connectivity index (χ2n) is 6.10. The Hall–Kier alpha value is -1.63. The zero-order valence-corrected chi connectivity index (χ0v) is 15.0. The van der Waals surface area contributed by atoms with E-state index in [2.05, 4.69) is 15.5 Å². The van der Waals surface area contributed by atoms with Crippen molar-refractivity contribution in [2.75, 3.05) is 30.3 Å². The summed E-state index contributed by atoms with van der Waals surface area (Å²) in [4.78, 5) is 25.7. The maximum absolute atomic E-state index is 12.2. The van der Waals surface area contributed by atoms with Crippen LogP contribution in [-0.2, 0) is 14.3 Å². The van der Waals surface area contributed by atoms with Crippen LogP contribution in [0.2, 0.25) is 5.02 Å². The fourth-order valence-corrected chi connectivity index (χ4v) is 2.98. The van der Waals surface area contributed by atoms with Gasteiger partial charge in [-0.2, -0.15) is 0 Å². The molecule has 0 bridgehead atoms. The molecule has 1 aliphatic heterocycles. The van der Waals surface area contributed by atoms with Crippen molar-refractivity contribution in [1.82, 2.24) is 4.90 Å². The van der Waals surface area contributed by atoms with Crippen LogP contribution < -0.4 is 10.6 Å². The van der Waals surface area contributed by atoms with E-state index in [-0.39, 0.29) is 24.0 Å².